The Bertz CT molecular complexity index is 643. The molecule has 0 spiro atoms. The standard InChI is InChI=1S/C16H24N2O3S/c1-3-8-22(20,21)15-7-5-4-6-14(15)16(19)18-11-13(10-17)9-12(18)2/h4-7,12-13H,3,8-11,17H2,1-2H3. The maximum Gasteiger partial charge on any atom is 0.255 e. The summed E-state index contributed by atoms with van der Waals surface area (Å²) < 4.78 is 24.8. The molecule has 122 valence electrons. The summed E-state index contributed by atoms with van der Waals surface area (Å²) in [5.41, 5.74) is 5.98. The van der Waals surface area contributed by atoms with E-state index in [0.717, 1.165) is 6.42 Å². The monoisotopic (exact) mass is 324 g/mol. The Balaban J connectivity index is 2.35. The van der Waals surface area contributed by atoms with Gasteiger partial charge in [-0.15, -0.1) is 0 Å². The molecular formula is C16H24N2O3S. The van der Waals surface area contributed by atoms with Crippen LogP contribution in [0, 0.1) is 5.92 Å². The molecule has 1 heterocycles. The van der Waals surface area contributed by atoms with Gasteiger partial charge in [0.15, 0.2) is 9.84 Å². The van der Waals surface area contributed by atoms with Crippen molar-refractivity contribution in [3.8, 4) is 0 Å². The molecule has 1 saturated heterocycles. The minimum atomic E-state index is -3.42. The molecule has 2 N–H and O–H groups in total. The molecule has 2 unspecified atom stereocenters. The Labute approximate surface area is 132 Å². The summed E-state index contributed by atoms with van der Waals surface area (Å²) in [6.07, 6.45) is 1.40. The number of benzene rings is 1. The van der Waals surface area contributed by atoms with Crippen LogP contribution in [-0.4, -0.2) is 44.1 Å². The number of hydrogen-bond acceptors (Lipinski definition) is 4. The van der Waals surface area contributed by atoms with Gasteiger partial charge in [-0.05, 0) is 44.4 Å². The van der Waals surface area contributed by atoms with E-state index < -0.39 is 9.84 Å². The number of amides is 1. The van der Waals surface area contributed by atoms with Gasteiger partial charge in [0.1, 0.15) is 0 Å². The zero-order valence-corrected chi connectivity index (χ0v) is 14.0. The van der Waals surface area contributed by atoms with Gasteiger partial charge in [0.05, 0.1) is 16.2 Å². The van der Waals surface area contributed by atoms with Crippen molar-refractivity contribution < 1.29 is 13.2 Å². The van der Waals surface area contributed by atoms with Crippen LogP contribution >= 0.6 is 0 Å². The van der Waals surface area contributed by atoms with Crippen molar-refractivity contribution in [3.05, 3.63) is 29.8 Å². The number of likely N-dealkylation sites (tertiary alicyclic amines) is 1. The molecule has 1 amide bonds. The van der Waals surface area contributed by atoms with Gasteiger partial charge in [0.2, 0.25) is 0 Å². The molecule has 1 aliphatic heterocycles. The molecule has 2 rings (SSSR count). The molecule has 1 aromatic rings. The van der Waals surface area contributed by atoms with Gasteiger partial charge in [-0.3, -0.25) is 4.79 Å². The fourth-order valence-electron chi connectivity index (χ4n) is 3.04. The highest BCUT2D eigenvalue weighted by Crippen LogP contribution is 2.27. The largest absolute Gasteiger partial charge is 0.336 e. The topological polar surface area (TPSA) is 80.5 Å². The summed E-state index contributed by atoms with van der Waals surface area (Å²) in [4.78, 5) is 14.7. The van der Waals surface area contributed by atoms with Gasteiger partial charge in [-0.2, -0.15) is 0 Å². The highest BCUT2D eigenvalue weighted by atomic mass is 32.2. The first-order valence-electron chi connectivity index (χ1n) is 7.73. The van der Waals surface area contributed by atoms with Crippen molar-refractivity contribution in [1.29, 1.82) is 0 Å². The molecule has 5 nitrogen and oxygen atoms in total. The maximum atomic E-state index is 12.8. The number of carbonyl (C=O) groups excluding carboxylic acids is 1. The van der Waals surface area contributed by atoms with Crippen molar-refractivity contribution >= 4 is 15.7 Å². The number of nitrogens with two attached hydrogens (primary N) is 1. The summed E-state index contributed by atoms with van der Waals surface area (Å²) in [7, 11) is -3.42. The van der Waals surface area contributed by atoms with E-state index in [1.54, 1.807) is 23.1 Å². The minimum absolute atomic E-state index is 0.0538. The Kier molecular flexibility index (Phi) is 5.24. The first kappa shape index (κ1) is 17.0. The highest BCUT2D eigenvalue weighted by molar-refractivity contribution is 7.91. The fraction of sp³-hybridized carbons (Fsp3) is 0.562. The van der Waals surface area contributed by atoms with Crippen LogP contribution in [0.1, 0.15) is 37.0 Å². The maximum absolute atomic E-state index is 12.8. The summed E-state index contributed by atoms with van der Waals surface area (Å²) >= 11 is 0. The van der Waals surface area contributed by atoms with Gasteiger partial charge >= 0.3 is 0 Å². The van der Waals surface area contributed by atoms with Gasteiger partial charge in [-0.1, -0.05) is 19.1 Å². The van der Waals surface area contributed by atoms with Crippen molar-refractivity contribution in [2.24, 2.45) is 11.7 Å². The van der Waals surface area contributed by atoms with Gasteiger partial charge in [0.25, 0.3) is 5.91 Å². The van der Waals surface area contributed by atoms with Crippen molar-refractivity contribution in [3.63, 3.8) is 0 Å². The number of rotatable bonds is 5. The molecule has 0 aromatic heterocycles. The number of hydrogen-bond donors (Lipinski definition) is 1. The zero-order chi connectivity index (χ0) is 16.3. The van der Waals surface area contributed by atoms with Crippen molar-refractivity contribution in [2.75, 3.05) is 18.8 Å². The summed E-state index contributed by atoms with van der Waals surface area (Å²) in [6.45, 7) is 4.94. The van der Waals surface area contributed by atoms with Crippen LogP contribution in [0.2, 0.25) is 0 Å². The molecule has 0 saturated carbocycles. The Morgan fingerprint density at radius 3 is 2.64 bits per heavy atom. The second kappa shape index (κ2) is 6.79. The molecule has 0 aliphatic carbocycles. The Hall–Kier alpha value is -1.40. The summed E-state index contributed by atoms with van der Waals surface area (Å²) in [6, 6.07) is 6.59. The van der Waals surface area contributed by atoms with E-state index in [2.05, 4.69) is 0 Å². The average molecular weight is 324 g/mol. The SMILES string of the molecule is CCCS(=O)(=O)c1ccccc1C(=O)N1CC(CN)CC1C. The number of sulfone groups is 1. The molecule has 1 fully saturated rings. The van der Waals surface area contributed by atoms with Crippen LogP contribution in [0.3, 0.4) is 0 Å². The van der Waals surface area contributed by atoms with Gasteiger partial charge in [-0.25, -0.2) is 8.42 Å². The molecule has 22 heavy (non-hydrogen) atoms. The van der Waals surface area contributed by atoms with Crippen molar-refractivity contribution in [1.82, 2.24) is 4.90 Å². The molecule has 1 aliphatic rings. The Morgan fingerprint density at radius 2 is 2.05 bits per heavy atom. The van der Waals surface area contributed by atoms with E-state index in [0.29, 0.717) is 25.4 Å². The van der Waals surface area contributed by atoms with E-state index in [9.17, 15) is 13.2 Å². The quantitative estimate of drug-likeness (QED) is 0.893. The lowest BCUT2D eigenvalue weighted by atomic mass is 10.1. The second-order valence-corrected chi connectivity index (χ2v) is 8.04. The molecule has 0 radical (unpaired) electrons. The zero-order valence-electron chi connectivity index (χ0n) is 13.2. The first-order chi connectivity index (χ1) is 10.4. The van der Waals surface area contributed by atoms with Crippen LogP contribution in [0.15, 0.2) is 29.2 Å². The van der Waals surface area contributed by atoms with Crippen LogP contribution in [-0.2, 0) is 9.84 Å². The lowest BCUT2D eigenvalue weighted by Gasteiger charge is -2.23. The van der Waals surface area contributed by atoms with E-state index in [1.807, 2.05) is 13.8 Å². The lowest BCUT2D eigenvalue weighted by Crippen LogP contribution is -2.35. The van der Waals surface area contributed by atoms with Gasteiger partial charge in [0, 0.05) is 12.6 Å². The lowest BCUT2D eigenvalue weighted by molar-refractivity contribution is 0.0739. The number of carbonyl (C=O) groups is 1. The van der Waals surface area contributed by atoms with E-state index in [1.165, 1.54) is 6.07 Å². The van der Waals surface area contributed by atoms with Crippen LogP contribution in [0.4, 0.5) is 0 Å². The normalized spacial score (nSPS) is 22.0. The van der Waals surface area contributed by atoms with E-state index in [4.69, 9.17) is 5.73 Å². The molecule has 0 bridgehead atoms. The molecule has 1 aromatic carbocycles. The smallest absolute Gasteiger partial charge is 0.255 e. The van der Waals surface area contributed by atoms with E-state index >= 15 is 0 Å². The third-order valence-corrected chi connectivity index (χ3v) is 6.15. The van der Waals surface area contributed by atoms with Crippen LogP contribution in [0.25, 0.3) is 0 Å². The first-order valence-corrected chi connectivity index (χ1v) is 9.38. The molecule has 6 heteroatoms. The van der Waals surface area contributed by atoms with Crippen molar-refractivity contribution in [2.45, 2.75) is 37.6 Å². The number of nitrogens with zero attached hydrogens (tertiary/aromatic N) is 1. The molecule has 2 atom stereocenters. The van der Waals surface area contributed by atoms with Crippen LogP contribution < -0.4 is 5.73 Å². The molecular weight excluding hydrogens is 300 g/mol. The van der Waals surface area contributed by atoms with Crippen LogP contribution in [0.5, 0.6) is 0 Å². The van der Waals surface area contributed by atoms with E-state index in [-0.39, 0.29) is 28.2 Å². The Morgan fingerprint density at radius 1 is 1.36 bits per heavy atom. The highest BCUT2D eigenvalue weighted by Gasteiger charge is 2.34. The fourth-order valence-corrected chi connectivity index (χ4v) is 4.58. The third kappa shape index (κ3) is 3.33. The average Bonchev–Trinajstić information content (AvgIpc) is 2.87. The minimum Gasteiger partial charge on any atom is -0.336 e. The predicted octanol–water partition coefficient (Wildman–Crippen LogP) is 1.68. The second-order valence-electron chi connectivity index (χ2n) is 5.96. The summed E-state index contributed by atoms with van der Waals surface area (Å²) in [5, 5.41) is 0. The third-order valence-electron chi connectivity index (χ3n) is 4.18. The summed E-state index contributed by atoms with van der Waals surface area (Å²) in [5.74, 6) is 0.134. The van der Waals surface area contributed by atoms with Gasteiger partial charge < -0.3 is 10.6 Å². The predicted molar refractivity (Wildman–Crippen MR) is 86.4 cm³/mol.